The zero-order chi connectivity index (χ0) is 6.81. The van der Waals surface area contributed by atoms with E-state index in [1.54, 1.807) is 11.1 Å². The van der Waals surface area contributed by atoms with Gasteiger partial charge in [-0.25, -0.2) is 0 Å². The lowest BCUT2D eigenvalue weighted by Crippen LogP contribution is -2.17. The van der Waals surface area contributed by atoms with Gasteiger partial charge in [0.25, 0.3) is 0 Å². The first-order valence-corrected chi connectivity index (χ1v) is 4.08. The molecule has 0 aromatic rings. The van der Waals surface area contributed by atoms with Crippen LogP contribution in [0.5, 0.6) is 0 Å². The van der Waals surface area contributed by atoms with Gasteiger partial charge in [0.1, 0.15) is 0 Å². The summed E-state index contributed by atoms with van der Waals surface area (Å²) in [4.78, 5) is 0. The molecule has 10 heavy (non-hydrogen) atoms. The molecule has 0 aromatic heterocycles. The van der Waals surface area contributed by atoms with Crippen molar-refractivity contribution in [3.63, 3.8) is 0 Å². The highest BCUT2D eigenvalue weighted by atomic mass is 14.8. The van der Waals surface area contributed by atoms with Gasteiger partial charge in [-0.3, -0.25) is 0 Å². The molecule has 0 fully saturated rings. The molecule has 1 heteroatoms. The van der Waals surface area contributed by atoms with Gasteiger partial charge >= 0.3 is 0 Å². The van der Waals surface area contributed by atoms with E-state index in [4.69, 9.17) is 0 Å². The highest BCUT2D eigenvalue weighted by molar-refractivity contribution is 5.34. The minimum absolute atomic E-state index is 1.13. The van der Waals surface area contributed by atoms with Crippen LogP contribution in [0.4, 0.5) is 0 Å². The van der Waals surface area contributed by atoms with Gasteiger partial charge in [-0.15, -0.1) is 0 Å². The Kier molecular flexibility index (Phi) is 1.50. The van der Waals surface area contributed by atoms with Gasteiger partial charge < -0.3 is 5.32 Å². The Morgan fingerprint density at radius 3 is 3.10 bits per heavy atom. The van der Waals surface area contributed by atoms with E-state index >= 15 is 0 Å². The summed E-state index contributed by atoms with van der Waals surface area (Å²) in [6.45, 7) is 1.13. The van der Waals surface area contributed by atoms with Crippen LogP contribution in [0.2, 0.25) is 0 Å². The molecule has 2 rings (SSSR count). The second-order valence-electron chi connectivity index (χ2n) is 3.00. The molecule has 1 nitrogen and oxygen atoms in total. The lowest BCUT2D eigenvalue weighted by atomic mass is 9.91. The van der Waals surface area contributed by atoms with Crippen molar-refractivity contribution < 1.29 is 0 Å². The number of rotatable bonds is 0. The van der Waals surface area contributed by atoms with E-state index in [1.165, 1.54) is 25.7 Å². The van der Waals surface area contributed by atoms with Crippen molar-refractivity contribution in [1.29, 1.82) is 0 Å². The Balaban J connectivity index is 2.25. The van der Waals surface area contributed by atoms with Gasteiger partial charge in [-0.2, -0.15) is 0 Å². The molecule has 1 N–H and O–H groups in total. The van der Waals surface area contributed by atoms with Gasteiger partial charge in [-0.1, -0.05) is 6.08 Å². The molecule has 54 valence electrons. The highest BCUT2D eigenvalue weighted by Crippen LogP contribution is 2.27. The summed E-state index contributed by atoms with van der Waals surface area (Å²) < 4.78 is 0. The largest absolute Gasteiger partial charge is 0.390 e. The Morgan fingerprint density at radius 1 is 1.20 bits per heavy atom. The van der Waals surface area contributed by atoms with Crippen molar-refractivity contribution in [2.75, 3.05) is 6.54 Å². The van der Waals surface area contributed by atoms with Crippen LogP contribution in [0.3, 0.4) is 0 Å². The molecule has 1 heterocycles. The molecule has 0 radical (unpaired) electrons. The van der Waals surface area contributed by atoms with Crippen molar-refractivity contribution in [2.24, 2.45) is 0 Å². The summed E-state index contributed by atoms with van der Waals surface area (Å²) in [7, 11) is 0. The van der Waals surface area contributed by atoms with Crippen LogP contribution in [0, 0.1) is 0 Å². The summed E-state index contributed by atoms with van der Waals surface area (Å²) in [5, 5.41) is 3.28. The second kappa shape index (κ2) is 2.49. The predicted octanol–water partition coefficient (Wildman–Crippen LogP) is 1.97. The van der Waals surface area contributed by atoms with Gasteiger partial charge in [0.05, 0.1) is 0 Å². The molecular weight excluding hydrogens is 122 g/mol. The average Bonchev–Trinajstić information content (AvgIpc) is 2.05. The summed E-state index contributed by atoms with van der Waals surface area (Å²) in [5.74, 6) is 0. The van der Waals surface area contributed by atoms with Crippen LogP contribution < -0.4 is 5.32 Å². The first-order valence-electron chi connectivity index (χ1n) is 4.08. The van der Waals surface area contributed by atoms with Crippen LogP contribution >= 0.6 is 0 Å². The molecule has 0 unspecified atom stereocenters. The quantitative estimate of drug-likeness (QED) is 0.535. The molecule has 0 saturated heterocycles. The molecule has 0 amide bonds. The minimum Gasteiger partial charge on any atom is -0.390 e. The normalized spacial score (nSPS) is 24.0. The summed E-state index contributed by atoms with van der Waals surface area (Å²) in [6.07, 6.45) is 9.76. The van der Waals surface area contributed by atoms with E-state index in [0.717, 1.165) is 6.54 Å². The topological polar surface area (TPSA) is 12.0 Å². The maximum atomic E-state index is 3.28. The highest BCUT2D eigenvalue weighted by Gasteiger charge is 2.11. The van der Waals surface area contributed by atoms with E-state index in [9.17, 15) is 0 Å². The van der Waals surface area contributed by atoms with Crippen molar-refractivity contribution in [1.82, 2.24) is 5.32 Å². The molecule has 0 spiro atoms. The van der Waals surface area contributed by atoms with Gasteiger partial charge in [0, 0.05) is 6.54 Å². The average molecular weight is 135 g/mol. The van der Waals surface area contributed by atoms with E-state index in [1.807, 2.05) is 0 Å². The molecule has 0 saturated carbocycles. The molecule has 0 atom stereocenters. The van der Waals surface area contributed by atoms with Gasteiger partial charge in [0.15, 0.2) is 0 Å². The molecule has 1 aliphatic heterocycles. The lowest BCUT2D eigenvalue weighted by molar-refractivity contribution is 0.709. The smallest absolute Gasteiger partial charge is 0.0182 e. The third kappa shape index (κ3) is 0.962. The first-order chi connectivity index (χ1) is 4.97. The lowest BCUT2D eigenvalue weighted by Gasteiger charge is -2.21. The van der Waals surface area contributed by atoms with Crippen molar-refractivity contribution in [2.45, 2.75) is 25.7 Å². The fourth-order valence-corrected chi connectivity index (χ4v) is 1.69. The van der Waals surface area contributed by atoms with Crippen molar-refractivity contribution in [3.05, 3.63) is 23.4 Å². The zero-order valence-electron chi connectivity index (χ0n) is 6.19. The Morgan fingerprint density at radius 2 is 2.20 bits per heavy atom. The maximum Gasteiger partial charge on any atom is 0.0182 e. The van der Waals surface area contributed by atoms with E-state index < -0.39 is 0 Å². The fourth-order valence-electron chi connectivity index (χ4n) is 1.69. The van der Waals surface area contributed by atoms with Gasteiger partial charge in [-0.05, 0) is 43.0 Å². The Bertz CT molecular complexity index is 167. The van der Waals surface area contributed by atoms with Crippen LogP contribution in [-0.2, 0) is 0 Å². The monoisotopic (exact) mass is 135 g/mol. The Hall–Kier alpha value is -0.720. The van der Waals surface area contributed by atoms with Gasteiger partial charge in [0.2, 0.25) is 0 Å². The first kappa shape index (κ1) is 6.02. The van der Waals surface area contributed by atoms with Crippen LogP contribution in [0.1, 0.15) is 25.7 Å². The predicted molar refractivity (Wildman–Crippen MR) is 42.6 cm³/mol. The summed E-state index contributed by atoms with van der Waals surface area (Å²) in [6, 6.07) is 0. The van der Waals surface area contributed by atoms with Crippen molar-refractivity contribution in [3.8, 4) is 0 Å². The van der Waals surface area contributed by atoms with Crippen LogP contribution in [0.25, 0.3) is 0 Å². The molecule has 1 aliphatic carbocycles. The van der Waals surface area contributed by atoms with Crippen LogP contribution in [-0.4, -0.2) is 6.54 Å². The standard InChI is InChI=1S/C9H13N/c1-2-4-9-7-10-6-5-8(9)3-1/h3,7,10H,1-2,4-6H2. The Labute approximate surface area is 61.8 Å². The van der Waals surface area contributed by atoms with Crippen molar-refractivity contribution >= 4 is 0 Å². The third-order valence-electron chi connectivity index (χ3n) is 2.27. The molecule has 2 aliphatic rings. The fraction of sp³-hybridized carbons (Fsp3) is 0.556. The zero-order valence-corrected chi connectivity index (χ0v) is 6.19. The number of hydrogen-bond acceptors (Lipinski definition) is 1. The second-order valence-corrected chi connectivity index (χ2v) is 3.00. The van der Waals surface area contributed by atoms with Crippen LogP contribution in [0.15, 0.2) is 23.4 Å². The summed E-state index contributed by atoms with van der Waals surface area (Å²) in [5.41, 5.74) is 3.16. The van der Waals surface area contributed by atoms with E-state index in [0.29, 0.717) is 0 Å². The number of hydrogen-bond donors (Lipinski definition) is 1. The van der Waals surface area contributed by atoms with E-state index in [-0.39, 0.29) is 0 Å². The maximum absolute atomic E-state index is 3.28. The molecule has 0 bridgehead atoms. The SMILES string of the molecule is C1=C2CCCC=C2CCN1. The minimum atomic E-state index is 1.13. The number of fused-ring (bicyclic) bond motifs is 1. The summed E-state index contributed by atoms with van der Waals surface area (Å²) >= 11 is 0. The molecular formula is C9H13N. The number of allylic oxidation sites excluding steroid dienone is 2. The van der Waals surface area contributed by atoms with E-state index in [2.05, 4.69) is 17.6 Å². The third-order valence-corrected chi connectivity index (χ3v) is 2.27. The molecule has 0 aromatic carbocycles. The number of nitrogens with one attached hydrogen (secondary N) is 1.